The number of ether oxygens (including phenoxy) is 1. The number of carbonyl (C=O) groups excluding carboxylic acids is 1. The SMILES string of the molecule is CC(CCc1ccccc1)NC(=O)COc1ccc(-n2cnnn2)cc1. The molecule has 1 aromatic heterocycles. The molecule has 0 bridgehead atoms. The maximum atomic E-state index is 12.0. The minimum absolute atomic E-state index is 0.0140. The highest BCUT2D eigenvalue weighted by atomic mass is 16.5. The summed E-state index contributed by atoms with van der Waals surface area (Å²) in [5.74, 6) is 0.490. The maximum Gasteiger partial charge on any atom is 0.258 e. The van der Waals surface area contributed by atoms with E-state index < -0.39 is 0 Å². The van der Waals surface area contributed by atoms with E-state index in [0.717, 1.165) is 18.5 Å². The largest absolute Gasteiger partial charge is 0.484 e. The van der Waals surface area contributed by atoms with Crippen LogP contribution in [0.4, 0.5) is 0 Å². The van der Waals surface area contributed by atoms with Crippen molar-refractivity contribution in [3.8, 4) is 11.4 Å². The topological polar surface area (TPSA) is 81.9 Å². The van der Waals surface area contributed by atoms with Gasteiger partial charge in [-0.25, -0.2) is 4.68 Å². The zero-order valence-electron chi connectivity index (χ0n) is 14.6. The van der Waals surface area contributed by atoms with Crippen LogP contribution in [0.5, 0.6) is 5.75 Å². The normalized spacial score (nSPS) is 11.7. The van der Waals surface area contributed by atoms with Gasteiger partial charge in [-0.1, -0.05) is 30.3 Å². The van der Waals surface area contributed by atoms with E-state index in [2.05, 4.69) is 33.0 Å². The van der Waals surface area contributed by atoms with E-state index in [1.807, 2.05) is 37.3 Å². The molecule has 0 fully saturated rings. The molecule has 1 amide bonds. The molecule has 1 heterocycles. The molecule has 2 aromatic carbocycles. The predicted molar refractivity (Wildman–Crippen MR) is 97.0 cm³/mol. The lowest BCUT2D eigenvalue weighted by Crippen LogP contribution is -2.36. The summed E-state index contributed by atoms with van der Waals surface area (Å²) in [7, 11) is 0. The third-order valence-corrected chi connectivity index (χ3v) is 3.94. The summed E-state index contributed by atoms with van der Waals surface area (Å²) in [4.78, 5) is 12.0. The number of carbonyl (C=O) groups is 1. The van der Waals surface area contributed by atoms with Crippen molar-refractivity contribution in [2.24, 2.45) is 0 Å². The Hall–Kier alpha value is -3.22. The van der Waals surface area contributed by atoms with Crippen LogP contribution < -0.4 is 10.1 Å². The highest BCUT2D eigenvalue weighted by molar-refractivity contribution is 5.77. The van der Waals surface area contributed by atoms with Gasteiger partial charge in [0.1, 0.15) is 12.1 Å². The van der Waals surface area contributed by atoms with Crippen LogP contribution in [0.25, 0.3) is 5.69 Å². The van der Waals surface area contributed by atoms with Crippen molar-refractivity contribution in [1.29, 1.82) is 0 Å². The van der Waals surface area contributed by atoms with E-state index >= 15 is 0 Å². The van der Waals surface area contributed by atoms with Gasteiger partial charge in [0.2, 0.25) is 0 Å². The molecule has 0 saturated heterocycles. The summed E-state index contributed by atoms with van der Waals surface area (Å²) in [6.45, 7) is 1.99. The van der Waals surface area contributed by atoms with Crippen LogP contribution in [-0.2, 0) is 11.2 Å². The van der Waals surface area contributed by atoms with E-state index in [0.29, 0.717) is 5.75 Å². The molecule has 7 heteroatoms. The van der Waals surface area contributed by atoms with Crippen LogP contribution in [0.15, 0.2) is 60.9 Å². The Morgan fingerprint density at radius 2 is 1.92 bits per heavy atom. The van der Waals surface area contributed by atoms with Gasteiger partial charge >= 0.3 is 0 Å². The Balaban J connectivity index is 1.40. The number of rotatable bonds is 8. The first kappa shape index (κ1) is 17.6. The van der Waals surface area contributed by atoms with Gasteiger partial charge in [0.05, 0.1) is 5.69 Å². The molecule has 134 valence electrons. The highest BCUT2D eigenvalue weighted by Crippen LogP contribution is 2.14. The van der Waals surface area contributed by atoms with E-state index in [9.17, 15) is 4.79 Å². The Bertz CT molecular complexity index is 804. The van der Waals surface area contributed by atoms with E-state index in [-0.39, 0.29) is 18.6 Å². The Morgan fingerprint density at radius 1 is 1.15 bits per heavy atom. The summed E-state index contributed by atoms with van der Waals surface area (Å²) >= 11 is 0. The standard InChI is InChI=1S/C19H21N5O2/c1-15(7-8-16-5-3-2-4-6-16)21-19(25)13-26-18-11-9-17(10-12-18)24-14-20-22-23-24/h2-6,9-12,14-15H,7-8,13H2,1H3,(H,21,25). The monoisotopic (exact) mass is 351 g/mol. The number of hydrogen-bond acceptors (Lipinski definition) is 5. The second-order valence-corrected chi connectivity index (χ2v) is 6.03. The van der Waals surface area contributed by atoms with Gasteiger partial charge in [-0.15, -0.1) is 5.10 Å². The van der Waals surface area contributed by atoms with Crippen molar-refractivity contribution in [3.63, 3.8) is 0 Å². The molecule has 26 heavy (non-hydrogen) atoms. The molecule has 1 N–H and O–H groups in total. The zero-order valence-corrected chi connectivity index (χ0v) is 14.6. The number of aromatic nitrogens is 4. The molecule has 3 aromatic rings. The lowest BCUT2D eigenvalue weighted by atomic mass is 10.1. The third-order valence-electron chi connectivity index (χ3n) is 3.94. The Kier molecular flexibility index (Phi) is 5.92. The van der Waals surface area contributed by atoms with Crippen molar-refractivity contribution >= 4 is 5.91 Å². The molecule has 0 aliphatic heterocycles. The summed E-state index contributed by atoms with van der Waals surface area (Å²) in [5.41, 5.74) is 2.09. The molecule has 0 aliphatic carbocycles. The first-order chi connectivity index (χ1) is 12.7. The fourth-order valence-corrected chi connectivity index (χ4v) is 2.54. The lowest BCUT2D eigenvalue weighted by molar-refractivity contribution is -0.123. The minimum atomic E-state index is -0.130. The molecule has 7 nitrogen and oxygen atoms in total. The van der Waals surface area contributed by atoms with Gasteiger partial charge < -0.3 is 10.1 Å². The van der Waals surface area contributed by atoms with Crippen LogP contribution in [-0.4, -0.2) is 38.8 Å². The van der Waals surface area contributed by atoms with Crippen LogP contribution >= 0.6 is 0 Å². The molecule has 0 saturated carbocycles. The number of amides is 1. The van der Waals surface area contributed by atoms with Gasteiger partial charge in [0.25, 0.3) is 5.91 Å². The molecule has 0 aliphatic rings. The molecule has 1 unspecified atom stereocenters. The Labute approximate surface area is 152 Å². The van der Waals surface area contributed by atoms with Crippen molar-refractivity contribution in [1.82, 2.24) is 25.5 Å². The molecule has 3 rings (SSSR count). The summed E-state index contributed by atoms with van der Waals surface area (Å²) in [6.07, 6.45) is 3.33. The van der Waals surface area contributed by atoms with Gasteiger partial charge in [-0.2, -0.15) is 0 Å². The number of tetrazole rings is 1. The average molecular weight is 351 g/mol. The second-order valence-electron chi connectivity index (χ2n) is 6.03. The van der Waals surface area contributed by atoms with E-state index in [1.165, 1.54) is 11.9 Å². The smallest absolute Gasteiger partial charge is 0.258 e. The fourth-order valence-electron chi connectivity index (χ4n) is 2.54. The van der Waals surface area contributed by atoms with Crippen LogP contribution in [0.3, 0.4) is 0 Å². The fraction of sp³-hybridized carbons (Fsp3) is 0.263. The molecular formula is C19H21N5O2. The second kappa shape index (κ2) is 8.75. The zero-order chi connectivity index (χ0) is 18.2. The number of nitrogens with one attached hydrogen (secondary N) is 1. The van der Waals surface area contributed by atoms with Gasteiger partial charge in [-0.05, 0) is 60.0 Å². The van der Waals surface area contributed by atoms with Crippen molar-refractivity contribution in [3.05, 3.63) is 66.5 Å². The minimum Gasteiger partial charge on any atom is -0.484 e. The van der Waals surface area contributed by atoms with E-state index in [4.69, 9.17) is 4.74 Å². The predicted octanol–water partition coefficient (Wildman–Crippen LogP) is 2.18. The quantitative estimate of drug-likeness (QED) is 0.673. The first-order valence-electron chi connectivity index (χ1n) is 8.50. The molecule has 0 spiro atoms. The van der Waals surface area contributed by atoms with Gasteiger partial charge in [0, 0.05) is 6.04 Å². The molecular weight excluding hydrogens is 330 g/mol. The molecule has 0 radical (unpaired) electrons. The van der Waals surface area contributed by atoms with Crippen molar-refractivity contribution < 1.29 is 9.53 Å². The number of aryl methyl sites for hydroxylation is 1. The molecule has 1 atom stereocenters. The highest BCUT2D eigenvalue weighted by Gasteiger charge is 2.08. The van der Waals surface area contributed by atoms with Crippen molar-refractivity contribution in [2.75, 3.05) is 6.61 Å². The van der Waals surface area contributed by atoms with E-state index in [1.54, 1.807) is 16.8 Å². The average Bonchev–Trinajstić information content (AvgIpc) is 3.21. The third kappa shape index (κ3) is 5.14. The maximum absolute atomic E-state index is 12.0. The van der Waals surface area contributed by atoms with Crippen molar-refractivity contribution in [2.45, 2.75) is 25.8 Å². The van der Waals surface area contributed by atoms with Gasteiger partial charge in [0.15, 0.2) is 6.61 Å². The van der Waals surface area contributed by atoms with Crippen LogP contribution in [0, 0.1) is 0 Å². The first-order valence-corrected chi connectivity index (χ1v) is 8.50. The number of benzene rings is 2. The lowest BCUT2D eigenvalue weighted by Gasteiger charge is -2.14. The van der Waals surface area contributed by atoms with Crippen LogP contribution in [0.1, 0.15) is 18.9 Å². The summed E-state index contributed by atoms with van der Waals surface area (Å²) < 4.78 is 7.08. The summed E-state index contributed by atoms with van der Waals surface area (Å²) in [5, 5.41) is 14.0. The van der Waals surface area contributed by atoms with Crippen LogP contribution in [0.2, 0.25) is 0 Å². The summed E-state index contributed by atoms with van der Waals surface area (Å²) in [6, 6.07) is 17.5. The number of hydrogen-bond donors (Lipinski definition) is 1. The number of nitrogens with zero attached hydrogens (tertiary/aromatic N) is 4. The van der Waals surface area contributed by atoms with Gasteiger partial charge in [-0.3, -0.25) is 4.79 Å². The Morgan fingerprint density at radius 3 is 2.62 bits per heavy atom.